The predicted molar refractivity (Wildman–Crippen MR) is 64.3 cm³/mol. The van der Waals surface area contributed by atoms with Gasteiger partial charge in [-0.3, -0.25) is 4.79 Å². The van der Waals surface area contributed by atoms with E-state index in [4.69, 9.17) is 4.74 Å². The number of rotatable bonds is 7. The van der Waals surface area contributed by atoms with Crippen LogP contribution in [-0.4, -0.2) is 38.3 Å². The smallest absolute Gasteiger partial charge is 0.221 e. The molecule has 2 atom stereocenters. The van der Waals surface area contributed by atoms with Crippen LogP contribution < -0.4 is 10.6 Å². The summed E-state index contributed by atoms with van der Waals surface area (Å²) in [6.45, 7) is 7.51. The van der Waals surface area contributed by atoms with Gasteiger partial charge in [-0.05, 0) is 25.7 Å². The van der Waals surface area contributed by atoms with E-state index in [9.17, 15) is 4.79 Å². The Morgan fingerprint density at radius 2 is 2.31 bits per heavy atom. The molecule has 0 aliphatic carbocycles. The molecule has 1 aliphatic heterocycles. The first kappa shape index (κ1) is 13.5. The molecule has 0 aromatic heterocycles. The van der Waals surface area contributed by atoms with E-state index >= 15 is 0 Å². The molecule has 1 fully saturated rings. The summed E-state index contributed by atoms with van der Waals surface area (Å²) >= 11 is 0. The van der Waals surface area contributed by atoms with Crippen LogP contribution in [0.25, 0.3) is 0 Å². The fraction of sp³-hybridized carbons (Fsp3) is 0.917. The summed E-state index contributed by atoms with van der Waals surface area (Å²) < 4.78 is 5.34. The maximum absolute atomic E-state index is 11.3. The molecule has 1 amide bonds. The van der Waals surface area contributed by atoms with Crippen LogP contribution in [0.5, 0.6) is 0 Å². The van der Waals surface area contributed by atoms with Crippen LogP contribution in [0.3, 0.4) is 0 Å². The number of hydrogen-bond donors (Lipinski definition) is 2. The Balaban J connectivity index is 2.03. The lowest BCUT2D eigenvalue weighted by Gasteiger charge is -2.18. The van der Waals surface area contributed by atoms with Crippen molar-refractivity contribution in [1.82, 2.24) is 10.6 Å². The largest absolute Gasteiger partial charge is 0.381 e. The molecule has 2 N–H and O–H groups in total. The van der Waals surface area contributed by atoms with E-state index < -0.39 is 0 Å². The molecular weight excluding hydrogens is 204 g/mol. The van der Waals surface area contributed by atoms with Crippen LogP contribution in [0, 0.1) is 5.92 Å². The first-order valence-corrected chi connectivity index (χ1v) is 6.32. The van der Waals surface area contributed by atoms with E-state index in [0.29, 0.717) is 18.4 Å². The molecular formula is C12H24N2O2. The first-order valence-electron chi connectivity index (χ1n) is 6.32. The fourth-order valence-electron chi connectivity index (χ4n) is 1.88. The lowest BCUT2D eigenvalue weighted by atomic mass is 10.0. The Labute approximate surface area is 98.1 Å². The van der Waals surface area contributed by atoms with Gasteiger partial charge in [0, 0.05) is 32.2 Å². The Hall–Kier alpha value is -0.610. The van der Waals surface area contributed by atoms with Gasteiger partial charge in [-0.1, -0.05) is 6.92 Å². The summed E-state index contributed by atoms with van der Waals surface area (Å²) in [6, 6.07) is 0.446. The summed E-state index contributed by atoms with van der Waals surface area (Å²) in [5.74, 6) is 0.753. The molecule has 1 heterocycles. The fourth-order valence-corrected chi connectivity index (χ4v) is 1.88. The molecule has 4 nitrogen and oxygen atoms in total. The van der Waals surface area contributed by atoms with Crippen molar-refractivity contribution in [2.24, 2.45) is 5.92 Å². The van der Waals surface area contributed by atoms with Gasteiger partial charge in [-0.25, -0.2) is 0 Å². The van der Waals surface area contributed by atoms with Crippen molar-refractivity contribution in [3.8, 4) is 0 Å². The average Bonchev–Trinajstić information content (AvgIpc) is 2.79. The highest BCUT2D eigenvalue weighted by molar-refractivity contribution is 5.75. The maximum atomic E-state index is 11.3. The Kier molecular flexibility index (Phi) is 6.42. The normalized spacial score (nSPS) is 22.0. The van der Waals surface area contributed by atoms with E-state index in [1.165, 1.54) is 0 Å². The van der Waals surface area contributed by atoms with E-state index in [0.717, 1.165) is 39.1 Å². The number of carbonyl (C=O) groups is 1. The van der Waals surface area contributed by atoms with Gasteiger partial charge >= 0.3 is 0 Å². The van der Waals surface area contributed by atoms with Crippen molar-refractivity contribution in [2.45, 2.75) is 39.2 Å². The molecule has 1 rings (SSSR count). The molecule has 0 aromatic rings. The number of ether oxygens (including phenoxy) is 1. The lowest BCUT2D eigenvalue weighted by molar-refractivity contribution is -0.121. The molecule has 94 valence electrons. The molecule has 0 saturated carbocycles. The van der Waals surface area contributed by atoms with Crippen LogP contribution in [-0.2, 0) is 9.53 Å². The van der Waals surface area contributed by atoms with Crippen molar-refractivity contribution in [3.05, 3.63) is 0 Å². The van der Waals surface area contributed by atoms with Crippen molar-refractivity contribution in [1.29, 1.82) is 0 Å². The minimum absolute atomic E-state index is 0.143. The maximum Gasteiger partial charge on any atom is 0.221 e. The topological polar surface area (TPSA) is 50.4 Å². The highest BCUT2D eigenvalue weighted by atomic mass is 16.5. The highest BCUT2D eigenvalue weighted by Crippen LogP contribution is 2.15. The van der Waals surface area contributed by atoms with Crippen LogP contribution >= 0.6 is 0 Å². The van der Waals surface area contributed by atoms with Gasteiger partial charge in [0.1, 0.15) is 0 Å². The van der Waals surface area contributed by atoms with Crippen molar-refractivity contribution in [3.63, 3.8) is 0 Å². The minimum atomic E-state index is 0.143. The third-order valence-corrected chi connectivity index (χ3v) is 3.06. The molecule has 2 unspecified atom stereocenters. The average molecular weight is 228 g/mol. The Bertz CT molecular complexity index is 203. The van der Waals surface area contributed by atoms with Crippen LogP contribution in [0.15, 0.2) is 0 Å². The van der Waals surface area contributed by atoms with E-state index in [2.05, 4.69) is 24.5 Å². The summed E-state index contributed by atoms with van der Waals surface area (Å²) in [7, 11) is 0. The number of hydrogen-bond acceptors (Lipinski definition) is 3. The van der Waals surface area contributed by atoms with E-state index in [1.54, 1.807) is 0 Å². The first-order chi connectivity index (χ1) is 7.74. The zero-order valence-electron chi connectivity index (χ0n) is 10.4. The quantitative estimate of drug-likeness (QED) is 0.681. The molecule has 0 bridgehead atoms. The van der Waals surface area contributed by atoms with Gasteiger partial charge < -0.3 is 15.4 Å². The van der Waals surface area contributed by atoms with Crippen molar-refractivity contribution in [2.75, 3.05) is 26.3 Å². The van der Waals surface area contributed by atoms with Crippen LogP contribution in [0.4, 0.5) is 0 Å². The highest BCUT2D eigenvalue weighted by Gasteiger charge is 2.21. The molecule has 0 radical (unpaired) electrons. The minimum Gasteiger partial charge on any atom is -0.381 e. The molecule has 0 aromatic carbocycles. The van der Waals surface area contributed by atoms with Gasteiger partial charge in [0.25, 0.3) is 0 Å². The molecule has 1 saturated heterocycles. The summed E-state index contributed by atoms with van der Waals surface area (Å²) in [5, 5.41) is 6.26. The van der Waals surface area contributed by atoms with Gasteiger partial charge in [0.15, 0.2) is 0 Å². The van der Waals surface area contributed by atoms with Gasteiger partial charge in [-0.2, -0.15) is 0 Å². The van der Waals surface area contributed by atoms with Crippen LogP contribution in [0.1, 0.15) is 33.1 Å². The molecule has 16 heavy (non-hydrogen) atoms. The summed E-state index contributed by atoms with van der Waals surface area (Å²) in [6.07, 6.45) is 2.70. The van der Waals surface area contributed by atoms with Crippen molar-refractivity contribution < 1.29 is 9.53 Å². The van der Waals surface area contributed by atoms with E-state index in [1.807, 2.05) is 0 Å². The lowest BCUT2D eigenvalue weighted by Crippen LogP contribution is -2.36. The number of carbonyl (C=O) groups excluding carboxylic acids is 1. The second-order valence-corrected chi connectivity index (χ2v) is 4.47. The zero-order valence-corrected chi connectivity index (χ0v) is 10.4. The molecule has 1 aliphatic rings. The number of nitrogens with one attached hydrogen (secondary N) is 2. The van der Waals surface area contributed by atoms with Crippen molar-refractivity contribution >= 4 is 5.91 Å². The molecule has 4 heteroatoms. The van der Waals surface area contributed by atoms with Gasteiger partial charge in [-0.15, -0.1) is 0 Å². The third kappa shape index (κ3) is 4.94. The van der Waals surface area contributed by atoms with Crippen LogP contribution in [0.2, 0.25) is 0 Å². The monoisotopic (exact) mass is 228 g/mol. The SMILES string of the molecule is CCCNC(=O)CCNC(C)C1CCOC1. The standard InChI is InChI=1S/C12H24N2O2/c1-3-6-14-12(15)4-7-13-10(2)11-5-8-16-9-11/h10-11,13H,3-9H2,1-2H3,(H,14,15). The second-order valence-electron chi connectivity index (χ2n) is 4.47. The predicted octanol–water partition coefficient (Wildman–Crippen LogP) is 0.917. The Morgan fingerprint density at radius 1 is 1.50 bits per heavy atom. The number of amides is 1. The van der Waals surface area contributed by atoms with Gasteiger partial charge in [0.2, 0.25) is 5.91 Å². The summed E-state index contributed by atoms with van der Waals surface area (Å²) in [4.78, 5) is 11.3. The summed E-state index contributed by atoms with van der Waals surface area (Å²) in [5.41, 5.74) is 0. The Morgan fingerprint density at radius 3 is 2.94 bits per heavy atom. The zero-order chi connectivity index (χ0) is 11.8. The second kappa shape index (κ2) is 7.63. The third-order valence-electron chi connectivity index (χ3n) is 3.06. The van der Waals surface area contributed by atoms with Gasteiger partial charge in [0.05, 0.1) is 6.61 Å². The molecule has 0 spiro atoms. The van der Waals surface area contributed by atoms with E-state index in [-0.39, 0.29) is 5.91 Å².